The molecular weight excluding hydrogens is 326 g/mol. The number of carbonyl (C=O) groups is 2. The van der Waals surface area contributed by atoms with E-state index >= 15 is 0 Å². The Hall–Kier alpha value is -2.04. The number of hydrogen-bond acceptors (Lipinski definition) is 2. The molecule has 1 saturated heterocycles. The third-order valence-corrected chi connectivity index (χ3v) is 5.74. The van der Waals surface area contributed by atoms with Crippen molar-refractivity contribution >= 4 is 17.6 Å². The fourth-order valence-corrected chi connectivity index (χ4v) is 4.30. The van der Waals surface area contributed by atoms with Crippen LogP contribution >= 0.6 is 0 Å². The lowest BCUT2D eigenvalue weighted by atomic mass is 9.88. The van der Waals surface area contributed by atoms with Crippen LogP contribution < -0.4 is 5.32 Å². The molecule has 1 aromatic rings. The Kier molecular flexibility index (Phi) is 5.84. The summed E-state index contributed by atoms with van der Waals surface area (Å²) in [6.07, 6.45) is 5.68. The molecule has 5 nitrogen and oxygen atoms in total. The van der Waals surface area contributed by atoms with Gasteiger partial charge in [0, 0.05) is 37.8 Å². The van der Waals surface area contributed by atoms with E-state index in [1.165, 1.54) is 24.8 Å². The number of carbonyl (C=O) groups excluding carboxylic acids is 2. The fraction of sp³-hybridized carbons (Fsp3) is 0.619. The monoisotopic (exact) mass is 357 g/mol. The van der Waals surface area contributed by atoms with Gasteiger partial charge in [-0.1, -0.05) is 37.0 Å². The van der Waals surface area contributed by atoms with E-state index in [4.69, 9.17) is 0 Å². The van der Waals surface area contributed by atoms with E-state index in [0.717, 1.165) is 29.7 Å². The minimum absolute atomic E-state index is 0.0650. The van der Waals surface area contributed by atoms with Crippen molar-refractivity contribution < 1.29 is 9.59 Å². The van der Waals surface area contributed by atoms with Gasteiger partial charge in [0.1, 0.15) is 0 Å². The zero-order valence-electron chi connectivity index (χ0n) is 16.3. The Morgan fingerprint density at radius 3 is 2.00 bits per heavy atom. The van der Waals surface area contributed by atoms with E-state index in [0.29, 0.717) is 32.1 Å². The van der Waals surface area contributed by atoms with Crippen LogP contribution in [0.2, 0.25) is 0 Å². The molecule has 0 aromatic heterocycles. The number of nitrogens with zero attached hydrogens (tertiary/aromatic N) is 2. The van der Waals surface area contributed by atoms with Crippen molar-refractivity contribution in [1.29, 1.82) is 0 Å². The molecule has 3 amide bonds. The average Bonchev–Trinajstić information content (AvgIpc) is 2.64. The van der Waals surface area contributed by atoms with E-state index in [1.54, 1.807) is 0 Å². The highest BCUT2D eigenvalue weighted by atomic mass is 16.2. The average molecular weight is 357 g/mol. The number of rotatable bonds is 2. The summed E-state index contributed by atoms with van der Waals surface area (Å²) < 4.78 is 0. The number of aryl methyl sites for hydroxylation is 3. The van der Waals surface area contributed by atoms with Crippen LogP contribution in [0.15, 0.2) is 12.1 Å². The van der Waals surface area contributed by atoms with Gasteiger partial charge in [0.2, 0.25) is 5.91 Å². The molecule has 2 fully saturated rings. The summed E-state index contributed by atoms with van der Waals surface area (Å²) in [7, 11) is 0. The first kappa shape index (κ1) is 18.7. The standard InChI is InChI=1S/C21H31N3O2/c1-15-13-16(2)19(17(3)14-15)22-21(26)24-11-9-23(10-12-24)20(25)18-7-5-4-6-8-18/h13-14,18H,4-12H2,1-3H3,(H,22,26). The van der Waals surface area contributed by atoms with Gasteiger partial charge in [-0.05, 0) is 44.7 Å². The van der Waals surface area contributed by atoms with Gasteiger partial charge in [0.15, 0.2) is 0 Å². The van der Waals surface area contributed by atoms with Crippen LogP contribution in [0.4, 0.5) is 10.5 Å². The lowest BCUT2D eigenvalue weighted by molar-refractivity contribution is -0.137. The SMILES string of the molecule is Cc1cc(C)c(NC(=O)N2CCN(C(=O)C3CCCCC3)CC2)c(C)c1. The van der Waals surface area contributed by atoms with Crippen LogP contribution in [0.1, 0.15) is 48.8 Å². The predicted octanol–water partition coefficient (Wildman–Crippen LogP) is 3.87. The van der Waals surface area contributed by atoms with Gasteiger partial charge in [-0.15, -0.1) is 0 Å². The first-order chi connectivity index (χ1) is 12.5. The van der Waals surface area contributed by atoms with Gasteiger partial charge in [-0.3, -0.25) is 4.79 Å². The van der Waals surface area contributed by atoms with Crippen LogP contribution in [0, 0.1) is 26.7 Å². The van der Waals surface area contributed by atoms with Gasteiger partial charge in [0.05, 0.1) is 0 Å². The highest BCUT2D eigenvalue weighted by molar-refractivity contribution is 5.91. The number of hydrogen-bond donors (Lipinski definition) is 1. The normalized spacial score (nSPS) is 18.7. The number of benzene rings is 1. The summed E-state index contributed by atoms with van der Waals surface area (Å²) in [5, 5.41) is 3.07. The smallest absolute Gasteiger partial charge is 0.321 e. The van der Waals surface area contributed by atoms with E-state index in [9.17, 15) is 9.59 Å². The minimum atomic E-state index is -0.0650. The van der Waals surface area contributed by atoms with Crippen molar-refractivity contribution in [2.45, 2.75) is 52.9 Å². The largest absolute Gasteiger partial charge is 0.339 e. The van der Waals surface area contributed by atoms with Gasteiger partial charge in [0.25, 0.3) is 0 Å². The Labute approximate surface area is 156 Å². The summed E-state index contributed by atoms with van der Waals surface area (Å²) in [5.41, 5.74) is 4.28. The molecule has 0 unspecified atom stereocenters. The minimum Gasteiger partial charge on any atom is -0.339 e. The maximum atomic E-state index is 12.6. The molecule has 1 saturated carbocycles. The summed E-state index contributed by atoms with van der Waals surface area (Å²) in [6, 6.07) is 4.11. The van der Waals surface area contributed by atoms with Crippen LogP contribution in [-0.4, -0.2) is 47.9 Å². The zero-order valence-corrected chi connectivity index (χ0v) is 16.3. The molecular formula is C21H31N3O2. The summed E-state index contributed by atoms with van der Waals surface area (Å²) >= 11 is 0. The van der Waals surface area contributed by atoms with Crippen LogP contribution in [0.25, 0.3) is 0 Å². The van der Waals surface area contributed by atoms with Gasteiger partial charge >= 0.3 is 6.03 Å². The van der Waals surface area contributed by atoms with Crippen molar-refractivity contribution in [2.75, 3.05) is 31.5 Å². The Morgan fingerprint density at radius 1 is 0.885 bits per heavy atom. The maximum absolute atomic E-state index is 12.6. The van der Waals surface area contributed by atoms with Crippen molar-refractivity contribution in [3.63, 3.8) is 0 Å². The molecule has 26 heavy (non-hydrogen) atoms. The van der Waals surface area contributed by atoms with Crippen LogP contribution in [-0.2, 0) is 4.79 Å². The highest BCUT2D eigenvalue weighted by Crippen LogP contribution is 2.26. The second-order valence-electron chi connectivity index (χ2n) is 7.85. The van der Waals surface area contributed by atoms with E-state index in [2.05, 4.69) is 24.4 Å². The quantitative estimate of drug-likeness (QED) is 0.873. The van der Waals surface area contributed by atoms with Crippen molar-refractivity contribution in [2.24, 2.45) is 5.92 Å². The number of amides is 3. The molecule has 0 bridgehead atoms. The molecule has 2 aliphatic rings. The van der Waals surface area contributed by atoms with Crippen LogP contribution in [0.3, 0.4) is 0 Å². The molecule has 1 aliphatic carbocycles. The van der Waals surface area contributed by atoms with Gasteiger partial charge in [-0.2, -0.15) is 0 Å². The number of urea groups is 1. The Morgan fingerprint density at radius 2 is 1.42 bits per heavy atom. The van der Waals surface area contributed by atoms with Crippen molar-refractivity contribution in [3.8, 4) is 0 Å². The van der Waals surface area contributed by atoms with E-state index in [1.807, 2.05) is 23.6 Å². The molecule has 0 spiro atoms. The second kappa shape index (κ2) is 8.11. The molecule has 1 N–H and O–H groups in total. The molecule has 1 aliphatic heterocycles. The Bertz CT molecular complexity index is 649. The summed E-state index contributed by atoms with van der Waals surface area (Å²) in [5.74, 6) is 0.511. The number of piperazine rings is 1. The Balaban J connectivity index is 1.54. The third kappa shape index (κ3) is 4.19. The van der Waals surface area contributed by atoms with Gasteiger partial charge < -0.3 is 15.1 Å². The molecule has 0 radical (unpaired) electrons. The maximum Gasteiger partial charge on any atom is 0.321 e. The van der Waals surface area contributed by atoms with E-state index < -0.39 is 0 Å². The predicted molar refractivity (Wildman–Crippen MR) is 104 cm³/mol. The first-order valence-electron chi connectivity index (χ1n) is 9.88. The molecule has 5 heteroatoms. The fourth-order valence-electron chi connectivity index (χ4n) is 4.30. The third-order valence-electron chi connectivity index (χ3n) is 5.74. The highest BCUT2D eigenvalue weighted by Gasteiger charge is 2.29. The number of nitrogens with one attached hydrogen (secondary N) is 1. The molecule has 1 aromatic carbocycles. The van der Waals surface area contributed by atoms with Gasteiger partial charge in [-0.25, -0.2) is 4.79 Å². The topological polar surface area (TPSA) is 52.7 Å². The van der Waals surface area contributed by atoms with E-state index in [-0.39, 0.29) is 11.9 Å². The zero-order chi connectivity index (χ0) is 18.7. The molecule has 1 heterocycles. The van der Waals surface area contributed by atoms with Crippen molar-refractivity contribution in [3.05, 3.63) is 28.8 Å². The summed E-state index contributed by atoms with van der Waals surface area (Å²) in [4.78, 5) is 29.1. The van der Waals surface area contributed by atoms with Crippen molar-refractivity contribution in [1.82, 2.24) is 9.80 Å². The second-order valence-corrected chi connectivity index (χ2v) is 7.85. The molecule has 3 rings (SSSR count). The first-order valence-corrected chi connectivity index (χ1v) is 9.88. The summed E-state index contributed by atoms with van der Waals surface area (Å²) in [6.45, 7) is 8.62. The number of anilines is 1. The van der Waals surface area contributed by atoms with Crippen LogP contribution in [0.5, 0.6) is 0 Å². The molecule has 142 valence electrons. The lowest BCUT2D eigenvalue weighted by Crippen LogP contribution is -2.53. The lowest BCUT2D eigenvalue weighted by Gasteiger charge is -2.37. The molecule has 0 atom stereocenters.